The van der Waals surface area contributed by atoms with E-state index in [1.165, 1.54) is 6.92 Å². The van der Waals surface area contributed by atoms with Gasteiger partial charge >= 0.3 is 0 Å². The van der Waals surface area contributed by atoms with Crippen LogP contribution in [-0.2, 0) is 4.79 Å². The van der Waals surface area contributed by atoms with Crippen LogP contribution in [0, 0.1) is 0 Å². The third-order valence-corrected chi connectivity index (χ3v) is 4.40. The molecule has 0 saturated carbocycles. The first-order chi connectivity index (χ1) is 15.0. The first-order valence-electron chi connectivity index (χ1n) is 9.30. The lowest BCUT2D eigenvalue weighted by Gasteiger charge is -1.98. The van der Waals surface area contributed by atoms with E-state index in [-0.39, 0.29) is 11.1 Å². The summed E-state index contributed by atoms with van der Waals surface area (Å²) >= 11 is 11.8. The van der Waals surface area contributed by atoms with Crippen molar-refractivity contribution in [1.82, 2.24) is 29.5 Å². The minimum atomic E-state index is -0.187. The average Bonchev–Trinajstić information content (AvgIpc) is 3.32. The molecule has 11 heteroatoms. The summed E-state index contributed by atoms with van der Waals surface area (Å²) in [7, 11) is 0. The normalized spacial score (nSPS) is 10.2. The van der Waals surface area contributed by atoms with E-state index in [4.69, 9.17) is 23.2 Å². The number of rotatable bonds is 5. The molecule has 4 heterocycles. The van der Waals surface area contributed by atoms with E-state index in [0.29, 0.717) is 10.8 Å². The van der Waals surface area contributed by atoms with Crippen LogP contribution in [0.2, 0.25) is 10.3 Å². The fraction of sp³-hybridized carbons (Fsp3) is 0.150. The molecule has 0 aromatic carbocycles. The van der Waals surface area contributed by atoms with E-state index in [1.807, 2.05) is 31.3 Å². The second kappa shape index (κ2) is 10.6. The smallest absolute Gasteiger partial charge is 0.221 e. The number of hydrogen-bond donors (Lipinski definition) is 2. The lowest BCUT2D eigenvalue weighted by Crippen LogP contribution is -2.05. The predicted molar refractivity (Wildman–Crippen MR) is 121 cm³/mol. The van der Waals surface area contributed by atoms with Gasteiger partial charge in [0.05, 0.1) is 47.5 Å². The van der Waals surface area contributed by atoms with Crippen molar-refractivity contribution in [1.29, 1.82) is 0 Å². The highest BCUT2D eigenvalue weighted by molar-refractivity contribution is 6.32. The number of nitrogens with one attached hydrogen (secondary N) is 2. The first-order valence-corrected chi connectivity index (χ1v) is 10.1. The Morgan fingerprint density at radius 3 is 1.90 bits per heavy atom. The van der Waals surface area contributed by atoms with E-state index >= 15 is 0 Å². The van der Waals surface area contributed by atoms with Crippen LogP contribution in [0.25, 0.3) is 11.4 Å². The molecule has 0 aliphatic carbocycles. The Morgan fingerprint density at radius 1 is 0.935 bits per heavy atom. The number of amides is 1. The Balaban J connectivity index is 0.000000176. The summed E-state index contributed by atoms with van der Waals surface area (Å²) in [4.78, 5) is 18.9. The van der Waals surface area contributed by atoms with Crippen molar-refractivity contribution in [3.05, 3.63) is 71.8 Å². The van der Waals surface area contributed by atoms with E-state index in [2.05, 4.69) is 30.8 Å². The topological polar surface area (TPSA) is 103 Å². The molecular weight excluding hydrogens is 439 g/mol. The molecule has 9 nitrogen and oxygen atoms in total. The van der Waals surface area contributed by atoms with Crippen LogP contribution in [0.3, 0.4) is 0 Å². The monoisotopic (exact) mass is 458 g/mol. The zero-order valence-electron chi connectivity index (χ0n) is 16.8. The summed E-state index contributed by atoms with van der Waals surface area (Å²) in [5.41, 5.74) is 2.99. The van der Waals surface area contributed by atoms with Gasteiger partial charge in [-0.3, -0.25) is 14.8 Å². The van der Waals surface area contributed by atoms with Gasteiger partial charge in [-0.2, -0.15) is 10.2 Å². The van der Waals surface area contributed by atoms with Crippen LogP contribution < -0.4 is 10.6 Å². The maximum absolute atomic E-state index is 10.9. The van der Waals surface area contributed by atoms with Crippen molar-refractivity contribution in [2.24, 2.45) is 0 Å². The third-order valence-electron chi connectivity index (χ3n) is 3.84. The van der Waals surface area contributed by atoms with Crippen molar-refractivity contribution in [2.75, 3.05) is 17.2 Å². The average molecular weight is 459 g/mol. The molecule has 0 atom stereocenters. The van der Waals surface area contributed by atoms with E-state index in [1.54, 1.807) is 46.4 Å². The third kappa shape index (κ3) is 6.03. The Bertz CT molecular complexity index is 1130. The van der Waals surface area contributed by atoms with Crippen molar-refractivity contribution >= 4 is 40.5 Å². The van der Waals surface area contributed by atoms with Gasteiger partial charge in [-0.15, -0.1) is 0 Å². The minimum Gasteiger partial charge on any atom is -0.382 e. The highest BCUT2D eigenvalue weighted by atomic mass is 35.5. The summed E-state index contributed by atoms with van der Waals surface area (Å²) < 4.78 is 3.26. The largest absolute Gasteiger partial charge is 0.382 e. The second-order valence-corrected chi connectivity index (χ2v) is 6.91. The van der Waals surface area contributed by atoms with Gasteiger partial charge in [-0.05, 0) is 31.2 Å². The highest BCUT2D eigenvalue weighted by Gasteiger charge is 2.09. The number of nitrogens with zero attached hydrogens (tertiary/aromatic N) is 6. The van der Waals surface area contributed by atoms with Crippen LogP contribution in [-0.4, -0.2) is 42.0 Å². The number of anilines is 2. The molecule has 160 valence electrons. The van der Waals surface area contributed by atoms with Crippen molar-refractivity contribution in [2.45, 2.75) is 13.8 Å². The fourth-order valence-corrected chi connectivity index (χ4v) is 2.91. The van der Waals surface area contributed by atoms with Gasteiger partial charge in [-0.1, -0.05) is 23.2 Å². The molecule has 2 N–H and O–H groups in total. The molecule has 1 amide bonds. The van der Waals surface area contributed by atoms with Gasteiger partial charge in [0.15, 0.2) is 10.3 Å². The first kappa shape index (κ1) is 22.3. The molecule has 4 rings (SSSR count). The van der Waals surface area contributed by atoms with Crippen LogP contribution in [0.5, 0.6) is 0 Å². The van der Waals surface area contributed by atoms with Crippen molar-refractivity contribution in [3.63, 3.8) is 0 Å². The molecule has 0 spiro atoms. The molecule has 0 saturated heterocycles. The van der Waals surface area contributed by atoms with Crippen molar-refractivity contribution < 1.29 is 4.79 Å². The summed E-state index contributed by atoms with van der Waals surface area (Å²) in [5, 5.41) is 14.7. The highest BCUT2D eigenvalue weighted by Crippen LogP contribution is 2.22. The number of pyridine rings is 2. The maximum Gasteiger partial charge on any atom is 0.221 e. The molecule has 0 bridgehead atoms. The van der Waals surface area contributed by atoms with E-state index < -0.39 is 0 Å². The summed E-state index contributed by atoms with van der Waals surface area (Å²) in [6, 6.07) is 7.42. The molecule has 0 fully saturated rings. The molecule has 0 aliphatic heterocycles. The lowest BCUT2D eigenvalue weighted by atomic mass is 10.4. The Hall–Kier alpha value is -3.43. The van der Waals surface area contributed by atoms with Crippen molar-refractivity contribution in [3.8, 4) is 11.4 Å². The Kier molecular flexibility index (Phi) is 7.58. The number of carbonyl (C=O) groups is 1. The van der Waals surface area contributed by atoms with E-state index in [0.717, 1.165) is 23.6 Å². The fourth-order valence-electron chi connectivity index (χ4n) is 2.53. The Labute approximate surface area is 189 Å². The number of halogens is 2. The van der Waals surface area contributed by atoms with Gasteiger partial charge in [0.1, 0.15) is 0 Å². The summed E-state index contributed by atoms with van der Waals surface area (Å²) in [6.45, 7) is 4.24. The van der Waals surface area contributed by atoms with Crippen LogP contribution in [0.4, 0.5) is 11.4 Å². The van der Waals surface area contributed by atoms with Crippen LogP contribution in [0.15, 0.2) is 61.4 Å². The zero-order chi connectivity index (χ0) is 22.2. The van der Waals surface area contributed by atoms with Gasteiger partial charge in [-0.25, -0.2) is 9.36 Å². The molecule has 4 aromatic rings. The number of carbonyl (C=O) groups excluding carboxylic acids is 1. The van der Waals surface area contributed by atoms with Gasteiger partial charge in [0, 0.05) is 25.9 Å². The second-order valence-electron chi connectivity index (χ2n) is 6.19. The standard InChI is InChI=1S/C10H9ClN4O.C10H11ClN4/c1-7(16)13-9-6-15(14-10(9)11)8-3-2-4-12-5-8;1-2-13-9-7-15(14-10(9)11)8-4-3-5-12-6-8/h2-6H,1H3,(H,13,16);3-7,13H,2H2,1H3. The summed E-state index contributed by atoms with van der Waals surface area (Å²) in [6.07, 6.45) is 10.3. The SMILES string of the molecule is CC(=O)Nc1cn(-c2cccnc2)nc1Cl.CCNc1cn(-c2cccnc2)nc1Cl. The minimum absolute atomic E-state index is 0.187. The quantitative estimate of drug-likeness (QED) is 0.463. The predicted octanol–water partition coefficient (Wildman–Crippen LogP) is 4.23. The molecule has 0 unspecified atom stereocenters. The van der Waals surface area contributed by atoms with Crippen LogP contribution >= 0.6 is 23.2 Å². The molecule has 0 aliphatic rings. The Morgan fingerprint density at radius 2 is 1.45 bits per heavy atom. The maximum atomic E-state index is 10.9. The molecule has 0 radical (unpaired) electrons. The number of aromatic nitrogens is 6. The molecule has 4 aromatic heterocycles. The van der Waals surface area contributed by atoms with Gasteiger partial charge in [0.2, 0.25) is 5.91 Å². The molecule has 31 heavy (non-hydrogen) atoms. The zero-order valence-corrected chi connectivity index (χ0v) is 18.3. The van der Waals surface area contributed by atoms with Gasteiger partial charge < -0.3 is 10.6 Å². The van der Waals surface area contributed by atoms with E-state index in [9.17, 15) is 4.79 Å². The van der Waals surface area contributed by atoms with Crippen LogP contribution in [0.1, 0.15) is 13.8 Å². The van der Waals surface area contributed by atoms with Gasteiger partial charge in [0.25, 0.3) is 0 Å². The number of hydrogen-bond acceptors (Lipinski definition) is 6. The lowest BCUT2D eigenvalue weighted by molar-refractivity contribution is -0.114. The summed E-state index contributed by atoms with van der Waals surface area (Å²) in [5.74, 6) is -0.187. The molecular formula is C20H20Cl2N8O.